The summed E-state index contributed by atoms with van der Waals surface area (Å²) in [5.74, 6) is 0.294. The number of anilines is 1. The Morgan fingerprint density at radius 1 is 0.955 bits per heavy atom. The number of benzene rings is 2. The lowest BCUT2D eigenvalue weighted by Gasteiger charge is -2.10. The Kier molecular flexibility index (Phi) is 4.66. The molecule has 116 valence electrons. The van der Waals surface area contributed by atoms with Gasteiger partial charge < -0.3 is 0 Å². The molecule has 0 spiro atoms. The topological polar surface area (TPSA) is 63.2 Å². The van der Waals surface area contributed by atoms with Gasteiger partial charge in [-0.3, -0.25) is 9.52 Å². The Hall–Kier alpha value is -2.14. The molecule has 2 aromatic rings. The summed E-state index contributed by atoms with van der Waals surface area (Å²) >= 11 is 0. The zero-order valence-corrected chi connectivity index (χ0v) is 13.6. The van der Waals surface area contributed by atoms with Crippen LogP contribution in [-0.2, 0) is 10.0 Å². The fraction of sp³-hybridized carbons (Fsp3) is 0.235. The molecule has 2 rings (SSSR count). The SMILES string of the molecule is CC(=O)c1ccc(NS(=O)(=O)c2ccc(C(C)C)cc2)cc1. The van der Waals surface area contributed by atoms with Crippen LogP contribution in [0.15, 0.2) is 53.4 Å². The molecule has 5 heteroatoms. The summed E-state index contributed by atoms with van der Waals surface area (Å²) in [7, 11) is -3.62. The molecule has 0 unspecified atom stereocenters. The number of Topliss-reactive ketones (excluding diaryl/α,β-unsaturated/α-hetero) is 1. The van der Waals surface area contributed by atoms with E-state index in [1.165, 1.54) is 6.92 Å². The van der Waals surface area contributed by atoms with Crippen LogP contribution in [0.3, 0.4) is 0 Å². The Morgan fingerprint density at radius 3 is 1.95 bits per heavy atom. The van der Waals surface area contributed by atoms with Crippen LogP contribution in [0.1, 0.15) is 42.6 Å². The van der Waals surface area contributed by atoms with Gasteiger partial charge in [-0.05, 0) is 54.8 Å². The van der Waals surface area contributed by atoms with Gasteiger partial charge in [0, 0.05) is 11.3 Å². The average molecular weight is 317 g/mol. The second kappa shape index (κ2) is 6.32. The predicted molar refractivity (Wildman–Crippen MR) is 87.8 cm³/mol. The number of sulfonamides is 1. The lowest BCUT2D eigenvalue weighted by Crippen LogP contribution is -2.13. The van der Waals surface area contributed by atoms with Crippen molar-refractivity contribution in [1.29, 1.82) is 0 Å². The van der Waals surface area contributed by atoms with Crippen molar-refractivity contribution in [2.24, 2.45) is 0 Å². The normalized spacial score (nSPS) is 11.5. The Bertz CT molecular complexity index is 761. The fourth-order valence-electron chi connectivity index (χ4n) is 2.02. The number of hydrogen-bond donors (Lipinski definition) is 1. The van der Waals surface area contributed by atoms with Crippen molar-refractivity contribution < 1.29 is 13.2 Å². The maximum absolute atomic E-state index is 12.3. The maximum Gasteiger partial charge on any atom is 0.261 e. The van der Waals surface area contributed by atoms with Crippen LogP contribution < -0.4 is 4.72 Å². The van der Waals surface area contributed by atoms with Crippen molar-refractivity contribution in [2.75, 3.05) is 4.72 Å². The van der Waals surface area contributed by atoms with Gasteiger partial charge in [0.1, 0.15) is 0 Å². The highest BCUT2D eigenvalue weighted by Gasteiger charge is 2.14. The van der Waals surface area contributed by atoms with Crippen molar-refractivity contribution in [1.82, 2.24) is 0 Å². The van der Waals surface area contributed by atoms with Crippen LogP contribution in [0.25, 0.3) is 0 Å². The average Bonchev–Trinajstić information content (AvgIpc) is 2.47. The monoisotopic (exact) mass is 317 g/mol. The quantitative estimate of drug-likeness (QED) is 0.853. The van der Waals surface area contributed by atoms with Crippen LogP contribution in [-0.4, -0.2) is 14.2 Å². The molecule has 4 nitrogen and oxygen atoms in total. The zero-order valence-electron chi connectivity index (χ0n) is 12.8. The molecule has 0 fully saturated rings. The van der Waals surface area contributed by atoms with Crippen molar-refractivity contribution in [3.05, 3.63) is 59.7 Å². The van der Waals surface area contributed by atoms with Gasteiger partial charge in [-0.15, -0.1) is 0 Å². The van der Waals surface area contributed by atoms with Gasteiger partial charge in [-0.25, -0.2) is 8.42 Å². The molecule has 0 atom stereocenters. The first-order valence-corrected chi connectivity index (χ1v) is 8.51. The van der Waals surface area contributed by atoms with E-state index in [0.29, 0.717) is 17.2 Å². The Balaban J connectivity index is 2.21. The highest BCUT2D eigenvalue weighted by atomic mass is 32.2. The van der Waals surface area contributed by atoms with Gasteiger partial charge in [0.15, 0.2) is 5.78 Å². The minimum atomic E-state index is -3.62. The highest BCUT2D eigenvalue weighted by Crippen LogP contribution is 2.20. The summed E-state index contributed by atoms with van der Waals surface area (Å²) in [6.45, 7) is 5.58. The molecule has 0 aromatic heterocycles. The molecule has 0 heterocycles. The lowest BCUT2D eigenvalue weighted by atomic mass is 10.0. The van der Waals surface area contributed by atoms with Crippen LogP contribution >= 0.6 is 0 Å². The van der Waals surface area contributed by atoms with Gasteiger partial charge in [-0.2, -0.15) is 0 Å². The van der Waals surface area contributed by atoms with Gasteiger partial charge in [0.05, 0.1) is 4.90 Å². The third-order valence-electron chi connectivity index (χ3n) is 3.40. The molecular weight excluding hydrogens is 298 g/mol. The molecule has 0 saturated carbocycles. The fourth-order valence-corrected chi connectivity index (χ4v) is 3.08. The second-order valence-corrected chi connectivity index (χ2v) is 7.15. The molecule has 0 aliphatic carbocycles. The second-order valence-electron chi connectivity index (χ2n) is 5.46. The summed E-state index contributed by atoms with van der Waals surface area (Å²) in [5.41, 5.74) is 2.06. The molecule has 2 aromatic carbocycles. The highest BCUT2D eigenvalue weighted by molar-refractivity contribution is 7.92. The van der Waals surface area contributed by atoms with Crippen molar-refractivity contribution in [2.45, 2.75) is 31.6 Å². The number of carbonyl (C=O) groups is 1. The molecule has 0 bridgehead atoms. The van der Waals surface area contributed by atoms with E-state index in [1.54, 1.807) is 36.4 Å². The van der Waals surface area contributed by atoms with E-state index in [4.69, 9.17) is 0 Å². The van der Waals surface area contributed by atoms with Gasteiger partial charge in [0.2, 0.25) is 0 Å². The molecule has 0 aliphatic rings. The van der Waals surface area contributed by atoms with Crippen LogP contribution in [0.4, 0.5) is 5.69 Å². The standard InChI is InChI=1S/C17H19NO3S/c1-12(2)14-6-10-17(11-7-14)22(20,21)18-16-8-4-15(5-9-16)13(3)19/h4-12,18H,1-3H3. The molecule has 0 radical (unpaired) electrons. The van der Waals surface area contributed by atoms with Crippen molar-refractivity contribution in [3.8, 4) is 0 Å². The number of rotatable bonds is 5. The van der Waals surface area contributed by atoms with E-state index < -0.39 is 10.0 Å². The summed E-state index contributed by atoms with van der Waals surface area (Å²) in [6.07, 6.45) is 0. The maximum atomic E-state index is 12.3. The van der Waals surface area contributed by atoms with Crippen LogP contribution in [0.2, 0.25) is 0 Å². The summed E-state index contributed by atoms with van der Waals surface area (Å²) in [4.78, 5) is 11.4. The van der Waals surface area contributed by atoms with E-state index in [-0.39, 0.29) is 10.7 Å². The minimum Gasteiger partial charge on any atom is -0.295 e. The summed E-state index contributed by atoms with van der Waals surface area (Å²) in [5, 5.41) is 0. The third-order valence-corrected chi connectivity index (χ3v) is 4.80. The number of hydrogen-bond acceptors (Lipinski definition) is 3. The van der Waals surface area contributed by atoms with Crippen molar-refractivity contribution in [3.63, 3.8) is 0 Å². The zero-order chi connectivity index (χ0) is 16.3. The molecule has 0 saturated heterocycles. The third kappa shape index (κ3) is 3.74. The molecule has 1 N–H and O–H groups in total. The minimum absolute atomic E-state index is 0.0568. The van der Waals surface area contributed by atoms with Crippen LogP contribution in [0.5, 0.6) is 0 Å². The first-order chi connectivity index (χ1) is 10.3. The predicted octanol–water partition coefficient (Wildman–Crippen LogP) is 3.81. The molecule has 0 amide bonds. The smallest absolute Gasteiger partial charge is 0.261 e. The van der Waals surface area contributed by atoms with E-state index in [0.717, 1.165) is 5.56 Å². The van der Waals surface area contributed by atoms with Crippen molar-refractivity contribution >= 4 is 21.5 Å². The van der Waals surface area contributed by atoms with Crippen LogP contribution in [0, 0.1) is 0 Å². The number of carbonyl (C=O) groups excluding carboxylic acids is 1. The first-order valence-electron chi connectivity index (χ1n) is 7.03. The largest absolute Gasteiger partial charge is 0.295 e. The molecule has 22 heavy (non-hydrogen) atoms. The first kappa shape index (κ1) is 16.2. The van der Waals surface area contributed by atoms with E-state index in [1.807, 2.05) is 12.1 Å². The Morgan fingerprint density at radius 2 is 1.50 bits per heavy atom. The lowest BCUT2D eigenvalue weighted by molar-refractivity contribution is 0.101. The van der Waals surface area contributed by atoms with Gasteiger partial charge in [0.25, 0.3) is 10.0 Å². The number of nitrogens with one attached hydrogen (secondary N) is 1. The Labute approximate surface area is 131 Å². The van der Waals surface area contributed by atoms with E-state index >= 15 is 0 Å². The summed E-state index contributed by atoms with van der Waals surface area (Å²) in [6, 6.07) is 13.2. The molecular formula is C17H19NO3S. The molecule has 0 aliphatic heterocycles. The summed E-state index contributed by atoms with van der Waals surface area (Å²) < 4.78 is 27.2. The van der Waals surface area contributed by atoms with Gasteiger partial charge in [-0.1, -0.05) is 26.0 Å². The van der Waals surface area contributed by atoms with E-state index in [9.17, 15) is 13.2 Å². The van der Waals surface area contributed by atoms with E-state index in [2.05, 4.69) is 18.6 Å². The van der Waals surface area contributed by atoms with Gasteiger partial charge >= 0.3 is 0 Å². The number of ketones is 1.